The summed E-state index contributed by atoms with van der Waals surface area (Å²) in [4.78, 5) is 23.6. The number of rotatable bonds is 7. The van der Waals surface area contributed by atoms with Crippen LogP contribution in [0.4, 0.5) is 5.69 Å². The molecule has 0 saturated heterocycles. The summed E-state index contributed by atoms with van der Waals surface area (Å²) in [6, 6.07) is 12.3. The van der Waals surface area contributed by atoms with Crippen molar-refractivity contribution >= 4 is 23.7 Å². The van der Waals surface area contributed by atoms with Crippen LogP contribution in [-0.2, 0) is 9.59 Å². The third kappa shape index (κ3) is 5.62. The van der Waals surface area contributed by atoms with E-state index in [1.54, 1.807) is 30.3 Å². The summed E-state index contributed by atoms with van der Waals surface area (Å²) in [6.07, 6.45) is 1.35. The van der Waals surface area contributed by atoms with Gasteiger partial charge in [-0.2, -0.15) is 5.10 Å². The molecule has 26 heavy (non-hydrogen) atoms. The highest BCUT2D eigenvalue weighted by atomic mass is 16.5. The van der Waals surface area contributed by atoms with Crippen molar-refractivity contribution in [2.75, 3.05) is 12.4 Å². The molecule has 0 aliphatic heterocycles. The summed E-state index contributed by atoms with van der Waals surface area (Å²) in [5, 5.41) is 16.4. The number of phenols is 1. The van der Waals surface area contributed by atoms with Crippen molar-refractivity contribution in [3.63, 3.8) is 0 Å². The largest absolute Gasteiger partial charge is 0.504 e. The molecule has 0 aliphatic rings. The number of nitrogens with one attached hydrogen (secondary N) is 2. The van der Waals surface area contributed by atoms with Crippen LogP contribution in [0.15, 0.2) is 47.6 Å². The molecule has 0 aliphatic carbocycles. The van der Waals surface area contributed by atoms with Crippen LogP contribution < -0.4 is 15.5 Å². The van der Waals surface area contributed by atoms with Gasteiger partial charge < -0.3 is 15.2 Å². The van der Waals surface area contributed by atoms with E-state index >= 15 is 0 Å². The summed E-state index contributed by atoms with van der Waals surface area (Å²) in [7, 11) is 1.44. The average molecular weight is 355 g/mol. The first-order chi connectivity index (χ1) is 12.5. The molecule has 0 aromatic heterocycles. The van der Waals surface area contributed by atoms with Crippen molar-refractivity contribution in [2.45, 2.75) is 19.8 Å². The lowest BCUT2D eigenvalue weighted by molar-refractivity contribution is -0.124. The van der Waals surface area contributed by atoms with Crippen molar-refractivity contribution in [1.29, 1.82) is 0 Å². The second-order valence-corrected chi connectivity index (χ2v) is 5.61. The Morgan fingerprint density at radius 2 is 1.81 bits per heavy atom. The average Bonchev–Trinajstić information content (AvgIpc) is 2.63. The van der Waals surface area contributed by atoms with E-state index in [2.05, 4.69) is 15.8 Å². The number of benzene rings is 2. The molecule has 7 nitrogen and oxygen atoms in total. The van der Waals surface area contributed by atoms with Gasteiger partial charge in [0.25, 0.3) is 0 Å². The Labute approximate surface area is 151 Å². The lowest BCUT2D eigenvalue weighted by Gasteiger charge is -2.06. The number of hydrazone groups is 1. The zero-order valence-corrected chi connectivity index (χ0v) is 14.7. The molecule has 0 saturated carbocycles. The first-order valence-electron chi connectivity index (χ1n) is 8.04. The predicted octanol–water partition coefficient (Wildman–Crippen LogP) is 2.58. The summed E-state index contributed by atoms with van der Waals surface area (Å²) >= 11 is 0. The summed E-state index contributed by atoms with van der Waals surface area (Å²) < 4.78 is 4.99. The molecule has 7 heteroatoms. The number of aryl methyl sites for hydroxylation is 1. The van der Waals surface area contributed by atoms with Crippen LogP contribution in [0.5, 0.6) is 11.5 Å². The second kappa shape index (κ2) is 9.22. The van der Waals surface area contributed by atoms with Gasteiger partial charge in [0.05, 0.1) is 13.3 Å². The van der Waals surface area contributed by atoms with E-state index in [1.807, 2.05) is 19.1 Å². The van der Waals surface area contributed by atoms with E-state index in [0.717, 1.165) is 5.56 Å². The van der Waals surface area contributed by atoms with Gasteiger partial charge in [-0.1, -0.05) is 23.8 Å². The highest BCUT2D eigenvalue weighted by Crippen LogP contribution is 2.27. The zero-order valence-electron chi connectivity index (χ0n) is 14.7. The number of aromatic hydroxyl groups is 1. The van der Waals surface area contributed by atoms with Crippen molar-refractivity contribution in [3.8, 4) is 11.5 Å². The number of hydrogen-bond acceptors (Lipinski definition) is 5. The van der Waals surface area contributed by atoms with Gasteiger partial charge in [-0.3, -0.25) is 9.59 Å². The van der Waals surface area contributed by atoms with Gasteiger partial charge in [0.15, 0.2) is 11.5 Å². The van der Waals surface area contributed by atoms with E-state index in [4.69, 9.17) is 4.74 Å². The first-order valence-corrected chi connectivity index (χ1v) is 8.04. The van der Waals surface area contributed by atoms with Crippen molar-refractivity contribution in [3.05, 3.63) is 53.6 Å². The summed E-state index contributed by atoms with van der Waals surface area (Å²) in [5.74, 6) is -0.403. The molecule has 0 unspecified atom stereocenters. The Bertz CT molecular complexity index is 801. The normalized spacial score (nSPS) is 10.5. The Morgan fingerprint density at radius 1 is 1.12 bits per heavy atom. The SMILES string of the molecule is COc1cccc(C=NNC(=O)CCC(=O)Nc2ccc(C)cc2)c1O. The van der Waals surface area contributed by atoms with Crippen LogP contribution in [0.3, 0.4) is 0 Å². The highest BCUT2D eigenvalue weighted by molar-refractivity contribution is 5.93. The van der Waals surface area contributed by atoms with Gasteiger partial charge in [0.1, 0.15) is 0 Å². The van der Waals surface area contributed by atoms with E-state index in [1.165, 1.54) is 13.3 Å². The van der Waals surface area contributed by atoms with Crippen molar-refractivity contribution in [2.24, 2.45) is 5.10 Å². The van der Waals surface area contributed by atoms with E-state index in [-0.39, 0.29) is 24.5 Å². The monoisotopic (exact) mass is 355 g/mol. The zero-order chi connectivity index (χ0) is 18.9. The fourth-order valence-corrected chi connectivity index (χ4v) is 2.13. The van der Waals surface area contributed by atoms with Gasteiger partial charge >= 0.3 is 0 Å². The van der Waals surface area contributed by atoms with Gasteiger partial charge in [-0.15, -0.1) is 0 Å². The maximum atomic E-state index is 11.8. The van der Waals surface area contributed by atoms with Crippen LogP contribution in [0.1, 0.15) is 24.0 Å². The number of hydrogen-bond donors (Lipinski definition) is 3. The van der Waals surface area contributed by atoms with Crippen molar-refractivity contribution < 1.29 is 19.4 Å². The Hall–Kier alpha value is -3.35. The smallest absolute Gasteiger partial charge is 0.240 e. The molecule has 2 rings (SSSR count). The molecule has 0 atom stereocenters. The molecule has 0 bridgehead atoms. The fraction of sp³-hybridized carbons (Fsp3) is 0.211. The molecule has 2 amide bonds. The maximum Gasteiger partial charge on any atom is 0.240 e. The number of phenolic OH excluding ortho intramolecular Hbond substituents is 1. The summed E-state index contributed by atoms with van der Waals surface area (Å²) in [5.41, 5.74) is 4.51. The molecule has 2 aromatic rings. The first kappa shape index (κ1) is 19.0. The number of carbonyl (C=O) groups excluding carboxylic acids is 2. The minimum absolute atomic E-state index is 0.000865. The second-order valence-electron chi connectivity index (χ2n) is 5.61. The number of carbonyl (C=O) groups is 2. The quantitative estimate of drug-likeness (QED) is 0.525. The third-order valence-corrected chi connectivity index (χ3v) is 3.56. The fourth-order valence-electron chi connectivity index (χ4n) is 2.13. The Kier molecular flexibility index (Phi) is 6.73. The van der Waals surface area contributed by atoms with Gasteiger partial charge in [-0.25, -0.2) is 5.43 Å². The third-order valence-electron chi connectivity index (χ3n) is 3.56. The van der Waals surface area contributed by atoms with E-state index in [9.17, 15) is 14.7 Å². The molecule has 0 heterocycles. The molecule has 3 N–H and O–H groups in total. The molecule has 0 fully saturated rings. The van der Waals surface area contributed by atoms with Crippen LogP contribution >= 0.6 is 0 Å². The highest BCUT2D eigenvalue weighted by Gasteiger charge is 2.08. The minimum atomic E-state index is -0.400. The number of anilines is 1. The minimum Gasteiger partial charge on any atom is -0.504 e. The Balaban J connectivity index is 1.78. The lowest BCUT2D eigenvalue weighted by atomic mass is 10.2. The molecule has 0 radical (unpaired) electrons. The lowest BCUT2D eigenvalue weighted by Crippen LogP contribution is -2.20. The number of amides is 2. The molecule has 0 spiro atoms. The van der Waals surface area contributed by atoms with Crippen LogP contribution in [0.25, 0.3) is 0 Å². The topological polar surface area (TPSA) is 100 Å². The Morgan fingerprint density at radius 3 is 2.50 bits per heavy atom. The van der Waals surface area contributed by atoms with Crippen LogP contribution in [0, 0.1) is 6.92 Å². The molecule has 136 valence electrons. The van der Waals surface area contributed by atoms with E-state index < -0.39 is 5.91 Å². The number of methoxy groups -OCH3 is 1. The van der Waals surface area contributed by atoms with Crippen LogP contribution in [-0.4, -0.2) is 30.2 Å². The van der Waals surface area contributed by atoms with Crippen molar-refractivity contribution in [1.82, 2.24) is 5.43 Å². The number of ether oxygens (including phenoxy) is 1. The van der Waals surface area contributed by atoms with Gasteiger partial charge in [0, 0.05) is 24.1 Å². The standard InChI is InChI=1S/C19H21N3O4/c1-13-6-8-15(9-7-13)21-17(23)10-11-18(24)22-20-12-14-4-3-5-16(26-2)19(14)25/h3-9,12,25H,10-11H2,1-2H3,(H,21,23)(H,22,24). The van der Waals surface area contributed by atoms with Gasteiger partial charge in [0.2, 0.25) is 11.8 Å². The molecular formula is C19H21N3O4. The van der Waals surface area contributed by atoms with Crippen LogP contribution in [0.2, 0.25) is 0 Å². The van der Waals surface area contributed by atoms with E-state index in [0.29, 0.717) is 17.0 Å². The molecule has 2 aromatic carbocycles. The number of para-hydroxylation sites is 1. The summed E-state index contributed by atoms with van der Waals surface area (Å²) in [6.45, 7) is 1.96. The predicted molar refractivity (Wildman–Crippen MR) is 99.4 cm³/mol. The molecular weight excluding hydrogens is 334 g/mol. The van der Waals surface area contributed by atoms with Gasteiger partial charge in [-0.05, 0) is 31.2 Å². The number of nitrogens with zero attached hydrogens (tertiary/aromatic N) is 1. The maximum absolute atomic E-state index is 11.8.